The fourth-order valence-corrected chi connectivity index (χ4v) is 2.75. The van der Waals surface area contributed by atoms with Gasteiger partial charge in [0.1, 0.15) is 5.75 Å². The van der Waals surface area contributed by atoms with E-state index in [1.54, 1.807) is 7.11 Å². The zero-order chi connectivity index (χ0) is 15.4. The number of benzene rings is 2. The summed E-state index contributed by atoms with van der Waals surface area (Å²) >= 11 is 0. The summed E-state index contributed by atoms with van der Waals surface area (Å²) in [7, 11) is 1.64. The number of urea groups is 1. The lowest BCUT2D eigenvalue weighted by Crippen LogP contribution is -2.28. The molecule has 1 aliphatic rings. The molecule has 2 aromatic rings. The molecule has 4 heteroatoms. The highest BCUT2D eigenvalue weighted by molar-refractivity contribution is 5.89. The minimum atomic E-state index is -0.186. The maximum atomic E-state index is 12.0. The Labute approximate surface area is 130 Å². The molecule has 0 aromatic heterocycles. The van der Waals surface area contributed by atoms with Gasteiger partial charge >= 0.3 is 6.03 Å². The number of nitrogens with one attached hydrogen (secondary N) is 2. The van der Waals surface area contributed by atoms with E-state index in [-0.39, 0.29) is 6.03 Å². The van der Waals surface area contributed by atoms with Crippen molar-refractivity contribution in [3.63, 3.8) is 0 Å². The lowest BCUT2D eigenvalue weighted by molar-refractivity contribution is 0.251. The number of ether oxygens (including phenoxy) is 1. The van der Waals surface area contributed by atoms with Crippen molar-refractivity contribution in [1.82, 2.24) is 5.32 Å². The Morgan fingerprint density at radius 2 is 1.86 bits per heavy atom. The summed E-state index contributed by atoms with van der Waals surface area (Å²) in [4.78, 5) is 12.0. The van der Waals surface area contributed by atoms with E-state index in [1.807, 2.05) is 30.3 Å². The van der Waals surface area contributed by atoms with Crippen molar-refractivity contribution in [3.05, 3.63) is 59.2 Å². The van der Waals surface area contributed by atoms with Crippen LogP contribution in [0.25, 0.3) is 0 Å². The van der Waals surface area contributed by atoms with Crippen LogP contribution in [0.15, 0.2) is 42.5 Å². The average Bonchev–Trinajstić information content (AvgIpc) is 3.01. The van der Waals surface area contributed by atoms with Crippen molar-refractivity contribution < 1.29 is 9.53 Å². The van der Waals surface area contributed by atoms with Crippen LogP contribution in [0.2, 0.25) is 0 Å². The number of amides is 2. The molecule has 0 saturated heterocycles. The molecule has 0 radical (unpaired) electrons. The van der Waals surface area contributed by atoms with Crippen LogP contribution >= 0.6 is 0 Å². The summed E-state index contributed by atoms with van der Waals surface area (Å²) in [6, 6.07) is 13.6. The number of hydrogen-bond acceptors (Lipinski definition) is 2. The molecule has 22 heavy (non-hydrogen) atoms. The van der Waals surface area contributed by atoms with E-state index < -0.39 is 0 Å². The summed E-state index contributed by atoms with van der Waals surface area (Å²) in [5.74, 6) is 0.811. The van der Waals surface area contributed by atoms with Gasteiger partial charge in [0, 0.05) is 12.2 Å². The quantitative estimate of drug-likeness (QED) is 0.907. The van der Waals surface area contributed by atoms with Crippen molar-refractivity contribution in [2.24, 2.45) is 0 Å². The van der Waals surface area contributed by atoms with Crippen LogP contribution in [0.1, 0.15) is 23.1 Å². The van der Waals surface area contributed by atoms with E-state index in [1.165, 1.54) is 17.5 Å². The van der Waals surface area contributed by atoms with Crippen molar-refractivity contribution in [2.45, 2.75) is 25.8 Å². The van der Waals surface area contributed by atoms with Crippen LogP contribution in [0.3, 0.4) is 0 Å². The maximum Gasteiger partial charge on any atom is 0.319 e. The van der Waals surface area contributed by atoms with Crippen molar-refractivity contribution in [1.29, 1.82) is 0 Å². The molecule has 2 N–H and O–H groups in total. The van der Waals surface area contributed by atoms with Crippen LogP contribution in [0, 0.1) is 0 Å². The van der Waals surface area contributed by atoms with Gasteiger partial charge in [0.05, 0.1) is 7.11 Å². The van der Waals surface area contributed by atoms with E-state index >= 15 is 0 Å². The van der Waals surface area contributed by atoms with Gasteiger partial charge in [-0.25, -0.2) is 4.79 Å². The van der Waals surface area contributed by atoms with Crippen LogP contribution in [-0.2, 0) is 19.4 Å². The highest BCUT2D eigenvalue weighted by atomic mass is 16.5. The molecule has 0 unspecified atom stereocenters. The molecule has 0 atom stereocenters. The standard InChI is InChI=1S/C18H20N2O2/c1-22-17-9-5-13(6-10-17)12-19-18(21)20-16-8-7-14-3-2-4-15(14)11-16/h5-11H,2-4,12H2,1H3,(H2,19,20,21). The number of aryl methyl sites for hydroxylation is 2. The van der Waals surface area contributed by atoms with Gasteiger partial charge in [-0.3, -0.25) is 0 Å². The van der Waals surface area contributed by atoms with Crippen LogP contribution in [0.4, 0.5) is 10.5 Å². The smallest absolute Gasteiger partial charge is 0.319 e. The monoisotopic (exact) mass is 296 g/mol. The van der Waals surface area contributed by atoms with Gasteiger partial charge in [0.2, 0.25) is 0 Å². The first-order chi connectivity index (χ1) is 10.7. The zero-order valence-electron chi connectivity index (χ0n) is 12.7. The van der Waals surface area contributed by atoms with E-state index in [4.69, 9.17) is 4.74 Å². The summed E-state index contributed by atoms with van der Waals surface area (Å²) in [6.45, 7) is 0.487. The summed E-state index contributed by atoms with van der Waals surface area (Å²) in [5, 5.41) is 5.75. The zero-order valence-corrected chi connectivity index (χ0v) is 12.7. The number of carbonyl (C=O) groups excluding carboxylic acids is 1. The van der Waals surface area contributed by atoms with Gasteiger partial charge in [-0.15, -0.1) is 0 Å². The molecule has 0 bridgehead atoms. The molecule has 0 spiro atoms. The normalized spacial score (nSPS) is 12.6. The molecule has 0 aliphatic heterocycles. The molecule has 2 amide bonds. The number of carbonyl (C=O) groups is 1. The molecular formula is C18H20N2O2. The Morgan fingerprint density at radius 1 is 1.09 bits per heavy atom. The third-order valence-electron chi connectivity index (χ3n) is 3.97. The second-order valence-corrected chi connectivity index (χ2v) is 5.49. The molecule has 3 rings (SSSR count). The Bertz CT molecular complexity index is 665. The Balaban J connectivity index is 1.53. The molecule has 4 nitrogen and oxygen atoms in total. The minimum absolute atomic E-state index is 0.186. The molecule has 0 saturated carbocycles. The van der Waals surface area contributed by atoms with Crippen molar-refractivity contribution >= 4 is 11.7 Å². The topological polar surface area (TPSA) is 50.4 Å². The number of hydrogen-bond donors (Lipinski definition) is 2. The third-order valence-corrected chi connectivity index (χ3v) is 3.97. The Kier molecular flexibility index (Phi) is 4.28. The number of anilines is 1. The summed E-state index contributed by atoms with van der Waals surface area (Å²) in [6.07, 6.45) is 3.47. The predicted octanol–water partition coefficient (Wildman–Crippen LogP) is 3.51. The molecule has 114 valence electrons. The van der Waals surface area contributed by atoms with Gasteiger partial charge in [-0.05, 0) is 60.2 Å². The fraction of sp³-hybridized carbons (Fsp3) is 0.278. The molecule has 0 heterocycles. The van der Waals surface area contributed by atoms with E-state index in [0.717, 1.165) is 29.8 Å². The first-order valence-corrected chi connectivity index (χ1v) is 7.54. The Hall–Kier alpha value is -2.49. The van der Waals surface area contributed by atoms with Crippen LogP contribution < -0.4 is 15.4 Å². The molecule has 2 aromatic carbocycles. The van der Waals surface area contributed by atoms with Gasteiger partial charge in [-0.1, -0.05) is 18.2 Å². The number of fused-ring (bicyclic) bond motifs is 1. The molecule has 0 fully saturated rings. The lowest BCUT2D eigenvalue weighted by atomic mass is 10.1. The van der Waals surface area contributed by atoms with Gasteiger partial charge in [0.25, 0.3) is 0 Å². The summed E-state index contributed by atoms with van der Waals surface area (Å²) < 4.78 is 5.11. The minimum Gasteiger partial charge on any atom is -0.497 e. The fourth-order valence-electron chi connectivity index (χ4n) is 2.75. The predicted molar refractivity (Wildman–Crippen MR) is 87.3 cm³/mol. The van der Waals surface area contributed by atoms with E-state index in [0.29, 0.717) is 6.54 Å². The second kappa shape index (κ2) is 6.52. The van der Waals surface area contributed by atoms with Crippen molar-refractivity contribution in [2.75, 3.05) is 12.4 Å². The highest BCUT2D eigenvalue weighted by Gasteiger charge is 2.11. The number of rotatable bonds is 4. The second-order valence-electron chi connectivity index (χ2n) is 5.49. The van der Waals surface area contributed by atoms with E-state index in [9.17, 15) is 4.79 Å². The first kappa shape index (κ1) is 14.4. The first-order valence-electron chi connectivity index (χ1n) is 7.54. The maximum absolute atomic E-state index is 12.0. The largest absolute Gasteiger partial charge is 0.497 e. The third kappa shape index (κ3) is 3.39. The van der Waals surface area contributed by atoms with Crippen molar-refractivity contribution in [3.8, 4) is 5.75 Å². The Morgan fingerprint density at radius 3 is 2.64 bits per heavy atom. The van der Waals surface area contributed by atoms with Gasteiger partial charge < -0.3 is 15.4 Å². The summed E-state index contributed by atoms with van der Waals surface area (Å²) in [5.41, 5.74) is 4.65. The molecular weight excluding hydrogens is 276 g/mol. The lowest BCUT2D eigenvalue weighted by Gasteiger charge is -2.09. The van der Waals surface area contributed by atoms with Gasteiger partial charge in [-0.2, -0.15) is 0 Å². The van der Waals surface area contributed by atoms with Crippen LogP contribution in [0.5, 0.6) is 5.75 Å². The van der Waals surface area contributed by atoms with Gasteiger partial charge in [0.15, 0.2) is 0 Å². The molecule has 1 aliphatic carbocycles. The number of methoxy groups -OCH3 is 1. The van der Waals surface area contributed by atoms with E-state index in [2.05, 4.69) is 22.8 Å². The van der Waals surface area contributed by atoms with Crippen LogP contribution in [-0.4, -0.2) is 13.1 Å². The SMILES string of the molecule is COc1ccc(CNC(=O)Nc2ccc3c(c2)CCC3)cc1. The average molecular weight is 296 g/mol. The highest BCUT2D eigenvalue weighted by Crippen LogP contribution is 2.24.